The second-order valence-corrected chi connectivity index (χ2v) is 36.2. The van der Waals surface area contributed by atoms with E-state index in [2.05, 4.69) is 300 Å². The van der Waals surface area contributed by atoms with Gasteiger partial charge in [0.15, 0.2) is 0 Å². The first kappa shape index (κ1) is 60.0. The van der Waals surface area contributed by atoms with E-state index < -0.39 is 0 Å². The zero-order chi connectivity index (χ0) is 63.5. The smallest absolute Gasteiger partial charge is 0.252 e. The fraction of sp³-hybridized carbons (Fsp3) is 0.429. The molecular weight excluding hydrogens is 1090 g/mol. The number of thiophene rings is 1. The molecule has 0 saturated heterocycles. The van der Waals surface area contributed by atoms with Crippen molar-refractivity contribution >= 4 is 106 Å². The Labute approximate surface area is 539 Å². The molecule has 1 aromatic heterocycles. The molecule has 2 aliphatic heterocycles. The number of hydrogen-bond acceptors (Lipinski definition) is 4. The predicted molar refractivity (Wildman–Crippen MR) is 390 cm³/mol. The van der Waals surface area contributed by atoms with E-state index in [-0.39, 0.29) is 55.4 Å². The largest absolute Gasteiger partial charge is 0.311 e. The van der Waals surface area contributed by atoms with Crippen molar-refractivity contribution in [1.82, 2.24) is 0 Å². The first-order valence-electron chi connectivity index (χ1n) is 33.7. The van der Waals surface area contributed by atoms with E-state index in [4.69, 9.17) is 0 Å². The summed E-state index contributed by atoms with van der Waals surface area (Å²) in [7, 11) is 0. The Morgan fingerprint density at radius 3 is 1.25 bits per heavy atom. The lowest BCUT2D eigenvalue weighted by atomic mass is 9.32. The number of fused-ring (bicyclic) bond motifs is 10. The average Bonchev–Trinajstić information content (AvgIpc) is 0.928. The molecule has 3 aliphatic carbocycles. The minimum absolute atomic E-state index is 0.00140. The summed E-state index contributed by atoms with van der Waals surface area (Å²) in [5, 5.41) is 2.65. The van der Waals surface area contributed by atoms with Crippen molar-refractivity contribution in [2.24, 2.45) is 0 Å². The van der Waals surface area contributed by atoms with E-state index in [0.717, 1.165) is 49.2 Å². The molecule has 0 unspecified atom stereocenters. The van der Waals surface area contributed by atoms with Crippen LogP contribution in [0.3, 0.4) is 0 Å². The molecule has 458 valence electrons. The molecule has 3 nitrogen and oxygen atoms in total. The van der Waals surface area contributed by atoms with Crippen molar-refractivity contribution in [2.75, 3.05) is 14.7 Å². The van der Waals surface area contributed by atoms with Gasteiger partial charge in [-0.25, -0.2) is 0 Å². The molecule has 9 aromatic rings. The lowest BCUT2D eigenvalue weighted by Gasteiger charge is -2.49. The Morgan fingerprint density at radius 1 is 0.360 bits per heavy atom. The van der Waals surface area contributed by atoms with Gasteiger partial charge in [0.2, 0.25) is 0 Å². The third kappa shape index (κ3) is 9.51. The van der Waals surface area contributed by atoms with Crippen LogP contribution >= 0.6 is 11.3 Å². The Balaban J connectivity index is 1.17. The van der Waals surface area contributed by atoms with E-state index in [9.17, 15) is 0 Å². The van der Waals surface area contributed by atoms with Crippen LogP contribution in [0.2, 0.25) is 0 Å². The van der Waals surface area contributed by atoms with Gasteiger partial charge in [-0.2, -0.15) is 0 Å². The van der Waals surface area contributed by atoms with Crippen LogP contribution in [0.1, 0.15) is 234 Å². The summed E-state index contributed by atoms with van der Waals surface area (Å²) in [6.07, 6.45) is 6.92. The van der Waals surface area contributed by atoms with Gasteiger partial charge < -0.3 is 14.7 Å². The fourth-order valence-corrected chi connectivity index (χ4v) is 17.8. The summed E-state index contributed by atoms with van der Waals surface area (Å²) in [6.45, 7) is 51.1. The van der Waals surface area contributed by atoms with E-state index in [1.54, 1.807) is 0 Å². The summed E-state index contributed by atoms with van der Waals surface area (Å²) in [6, 6.07) is 57.4. The highest BCUT2D eigenvalue weighted by atomic mass is 32.1. The summed E-state index contributed by atoms with van der Waals surface area (Å²) in [4.78, 5) is 8.14. The fourth-order valence-electron chi connectivity index (χ4n) is 16.6. The molecule has 0 fully saturated rings. The van der Waals surface area contributed by atoms with Crippen molar-refractivity contribution in [3.8, 4) is 0 Å². The molecule has 0 atom stereocenters. The minimum Gasteiger partial charge on any atom is -0.311 e. The Hall–Kier alpha value is -6.56. The van der Waals surface area contributed by atoms with Gasteiger partial charge in [0.05, 0.1) is 11.4 Å². The summed E-state index contributed by atoms with van der Waals surface area (Å²) >= 11 is 1.95. The van der Waals surface area contributed by atoms with E-state index >= 15 is 0 Å². The SMILES string of the molecule is CC(C)(C)c1ccc(N(c2ccc(C(C)(C)C)cc2)c2cc3c4c(c2)N(c2cccc5sc6cc(C(C)(C)C)ccc6c25)c2cc5c(cc2B4c2cc4c(cc2N3c2ccc3c(c2)C(C)(C)CCC3(C)C)C(C)(C)CCC4(C)C)C(C)(C)CCC5(C)C)cc1. The van der Waals surface area contributed by atoms with Crippen LogP contribution in [0.25, 0.3) is 20.2 Å². The van der Waals surface area contributed by atoms with Gasteiger partial charge in [0, 0.05) is 60.0 Å². The third-order valence-electron chi connectivity index (χ3n) is 22.9. The molecule has 0 bridgehead atoms. The number of rotatable bonds is 5. The Kier molecular flexibility index (Phi) is 13.1. The molecule has 14 rings (SSSR count). The molecule has 0 N–H and O–H groups in total. The first-order valence-corrected chi connectivity index (χ1v) is 34.6. The maximum Gasteiger partial charge on any atom is 0.252 e. The highest BCUT2D eigenvalue weighted by Crippen LogP contribution is 2.57. The van der Waals surface area contributed by atoms with E-state index in [1.165, 1.54) is 127 Å². The van der Waals surface area contributed by atoms with Crippen molar-refractivity contribution in [3.05, 3.63) is 190 Å². The second kappa shape index (κ2) is 19.5. The maximum atomic E-state index is 2.79. The van der Waals surface area contributed by atoms with Crippen molar-refractivity contribution in [1.29, 1.82) is 0 Å². The molecule has 0 saturated carbocycles. The van der Waals surface area contributed by atoms with Crippen LogP contribution in [-0.4, -0.2) is 6.71 Å². The zero-order valence-corrected chi connectivity index (χ0v) is 58.7. The van der Waals surface area contributed by atoms with Gasteiger partial charge in [-0.3, -0.25) is 0 Å². The molecule has 0 amide bonds. The summed E-state index contributed by atoms with van der Waals surface area (Å²) in [5.41, 5.74) is 28.3. The molecule has 8 aromatic carbocycles. The average molecular weight is 1190 g/mol. The van der Waals surface area contributed by atoms with Gasteiger partial charge in [-0.1, -0.05) is 206 Å². The monoisotopic (exact) mass is 1190 g/mol. The Bertz CT molecular complexity index is 4330. The molecule has 5 heteroatoms. The van der Waals surface area contributed by atoms with Gasteiger partial charge in [0.25, 0.3) is 6.71 Å². The molecule has 0 radical (unpaired) electrons. The highest BCUT2D eigenvalue weighted by Gasteiger charge is 2.50. The molecule has 5 aliphatic rings. The predicted octanol–water partition coefficient (Wildman–Crippen LogP) is 22.5. The zero-order valence-electron chi connectivity index (χ0n) is 57.8. The van der Waals surface area contributed by atoms with Crippen LogP contribution in [0.15, 0.2) is 140 Å². The highest BCUT2D eigenvalue weighted by molar-refractivity contribution is 7.26. The van der Waals surface area contributed by atoms with Gasteiger partial charge in [-0.05, 0) is 233 Å². The number of nitrogens with zero attached hydrogens (tertiary/aromatic N) is 3. The van der Waals surface area contributed by atoms with Crippen molar-refractivity contribution in [2.45, 2.75) is 233 Å². The molecule has 0 spiro atoms. The summed E-state index contributed by atoms with van der Waals surface area (Å²) < 4.78 is 2.66. The summed E-state index contributed by atoms with van der Waals surface area (Å²) in [5.74, 6) is 0. The van der Waals surface area contributed by atoms with E-state index in [0.29, 0.717) is 0 Å². The lowest BCUT2D eigenvalue weighted by Crippen LogP contribution is -2.62. The topological polar surface area (TPSA) is 9.72 Å². The normalized spacial score (nSPS) is 19.0. The second-order valence-electron chi connectivity index (χ2n) is 35.1. The molecule has 89 heavy (non-hydrogen) atoms. The first-order chi connectivity index (χ1) is 41.5. The Morgan fingerprint density at radius 2 is 0.775 bits per heavy atom. The van der Waals surface area contributed by atoms with Crippen LogP contribution < -0.4 is 31.1 Å². The van der Waals surface area contributed by atoms with Gasteiger partial charge in [-0.15, -0.1) is 11.3 Å². The van der Waals surface area contributed by atoms with Crippen LogP contribution in [0.4, 0.5) is 51.2 Å². The lowest BCUT2D eigenvalue weighted by molar-refractivity contribution is 0.332. The van der Waals surface area contributed by atoms with Crippen LogP contribution in [-0.2, 0) is 48.7 Å². The van der Waals surface area contributed by atoms with Gasteiger partial charge in [0.1, 0.15) is 0 Å². The standard InChI is InChI=1S/C84H98BN3S/c1-76(2,3)51-25-30-54(31-26-51)86(55-32-27-52(28-33-55)77(4,5)6)57-45-70-75-71(46-57)88(67-23-22-24-72-74(67)58-35-29-53(78(7,8)9)43-73(58)89-72)69-50-64-62(82(16,17)40-42-84(64,20)21)48-66(69)85(75)65-47-61-63(83(18,19)41-39-81(61,14)15)49-68(65)87(70)56-34-36-59-60(44-56)80(12,13)38-37-79(59,10)11/h22-36,43-50H,37-42H2,1-21H3. The minimum atomic E-state index is -0.0600. The number of hydrogen-bond donors (Lipinski definition) is 0. The quantitative estimate of drug-likeness (QED) is 0.159. The van der Waals surface area contributed by atoms with Crippen molar-refractivity contribution < 1.29 is 0 Å². The van der Waals surface area contributed by atoms with Crippen molar-refractivity contribution in [3.63, 3.8) is 0 Å². The maximum absolute atomic E-state index is 2.79. The van der Waals surface area contributed by atoms with Gasteiger partial charge >= 0.3 is 0 Å². The third-order valence-corrected chi connectivity index (χ3v) is 24.0. The number of anilines is 9. The van der Waals surface area contributed by atoms with Crippen LogP contribution in [0, 0.1) is 0 Å². The number of benzene rings is 8. The molecular formula is C84H98BN3S. The van der Waals surface area contributed by atoms with E-state index in [1.807, 2.05) is 11.3 Å². The molecule has 3 heterocycles. The van der Waals surface area contributed by atoms with Crippen LogP contribution in [0.5, 0.6) is 0 Å².